The van der Waals surface area contributed by atoms with Gasteiger partial charge in [0, 0.05) is 6.07 Å². The van der Waals surface area contributed by atoms with Gasteiger partial charge in [-0.05, 0) is 31.7 Å². The van der Waals surface area contributed by atoms with Crippen LogP contribution in [0.4, 0.5) is 0 Å². The number of hydrogen-bond donors (Lipinski definition) is 2. The molecule has 1 unspecified atom stereocenters. The summed E-state index contributed by atoms with van der Waals surface area (Å²) in [7, 11) is 0. The Hall–Kier alpha value is -2.11. The van der Waals surface area contributed by atoms with Crippen LogP contribution in [0.2, 0.25) is 0 Å². The van der Waals surface area contributed by atoms with Gasteiger partial charge >= 0.3 is 11.6 Å². The van der Waals surface area contributed by atoms with Crippen LogP contribution in [0.3, 0.4) is 0 Å². The summed E-state index contributed by atoms with van der Waals surface area (Å²) in [5, 5.41) is 11.7. The molecule has 6 heteroatoms. The fourth-order valence-corrected chi connectivity index (χ4v) is 1.79. The van der Waals surface area contributed by atoms with E-state index in [-0.39, 0.29) is 11.5 Å². The Morgan fingerprint density at radius 1 is 1.44 bits per heavy atom. The minimum atomic E-state index is -1.27. The van der Waals surface area contributed by atoms with Crippen molar-refractivity contribution in [1.29, 1.82) is 0 Å². The van der Waals surface area contributed by atoms with Gasteiger partial charge in [0.2, 0.25) is 0 Å². The van der Waals surface area contributed by atoms with Crippen molar-refractivity contribution >= 4 is 11.9 Å². The first-order chi connectivity index (χ1) is 8.43. The highest BCUT2D eigenvalue weighted by Crippen LogP contribution is 2.39. The van der Waals surface area contributed by atoms with Crippen LogP contribution < -0.4 is 10.9 Å². The van der Waals surface area contributed by atoms with Crippen LogP contribution in [0.1, 0.15) is 30.1 Å². The molecule has 6 nitrogen and oxygen atoms in total. The number of hydrogen-bond acceptors (Lipinski definition) is 4. The van der Waals surface area contributed by atoms with Crippen molar-refractivity contribution in [3.05, 3.63) is 34.4 Å². The van der Waals surface area contributed by atoms with E-state index in [1.54, 1.807) is 0 Å². The third kappa shape index (κ3) is 2.27. The molecule has 18 heavy (non-hydrogen) atoms. The molecule has 2 N–H and O–H groups in total. The topological polar surface area (TPSA) is 96.6 Å². The Morgan fingerprint density at radius 3 is 2.56 bits per heavy atom. The maximum Gasteiger partial charge on any atom is 0.335 e. The molecule has 2 rings (SSSR count). The van der Waals surface area contributed by atoms with E-state index in [0.717, 1.165) is 25.2 Å². The van der Waals surface area contributed by atoms with Gasteiger partial charge in [0.1, 0.15) is 11.8 Å². The standard InChI is InChI=1S/C12H13NO5/c1-12(11(16)17,8-3-4-8)13-10(15)7-2-5-9(14)18-6-7/h2,5-6,8H,3-4H2,1H3,(H,13,15)(H,16,17). The number of carboxylic acid groups (broad SMARTS) is 1. The predicted octanol–water partition coefficient (Wildman–Crippen LogP) is 0.623. The second-order valence-corrected chi connectivity index (χ2v) is 4.58. The van der Waals surface area contributed by atoms with Crippen LogP contribution in [0.25, 0.3) is 0 Å². The van der Waals surface area contributed by atoms with Crippen LogP contribution in [0.15, 0.2) is 27.6 Å². The van der Waals surface area contributed by atoms with Crippen LogP contribution in [-0.4, -0.2) is 22.5 Å². The summed E-state index contributed by atoms with van der Waals surface area (Å²) in [5.41, 5.74) is -1.70. The van der Waals surface area contributed by atoms with Gasteiger partial charge in [-0.25, -0.2) is 9.59 Å². The molecule has 1 fully saturated rings. The van der Waals surface area contributed by atoms with E-state index < -0.39 is 23.0 Å². The summed E-state index contributed by atoms with van der Waals surface area (Å²) < 4.78 is 4.57. The average molecular weight is 251 g/mol. The lowest BCUT2D eigenvalue weighted by Gasteiger charge is -2.25. The van der Waals surface area contributed by atoms with Crippen molar-refractivity contribution in [1.82, 2.24) is 5.32 Å². The zero-order chi connectivity index (χ0) is 13.3. The van der Waals surface area contributed by atoms with Gasteiger partial charge in [-0.15, -0.1) is 0 Å². The van der Waals surface area contributed by atoms with Gasteiger partial charge in [-0.2, -0.15) is 0 Å². The van der Waals surface area contributed by atoms with Crippen molar-refractivity contribution in [3.63, 3.8) is 0 Å². The summed E-state index contributed by atoms with van der Waals surface area (Å²) in [6.07, 6.45) is 2.59. The zero-order valence-corrected chi connectivity index (χ0v) is 9.80. The maximum atomic E-state index is 11.9. The Kier molecular flexibility index (Phi) is 2.94. The van der Waals surface area contributed by atoms with Gasteiger partial charge in [0.15, 0.2) is 0 Å². The molecule has 96 valence electrons. The van der Waals surface area contributed by atoms with Gasteiger partial charge in [-0.3, -0.25) is 4.79 Å². The Bertz CT molecular complexity index is 525. The number of nitrogens with one attached hydrogen (secondary N) is 1. The molecule has 1 heterocycles. The molecule has 1 saturated carbocycles. The second kappa shape index (κ2) is 4.29. The quantitative estimate of drug-likeness (QED) is 0.817. The third-order valence-electron chi connectivity index (χ3n) is 3.17. The average Bonchev–Trinajstić information content (AvgIpc) is 3.13. The van der Waals surface area contributed by atoms with E-state index in [0.29, 0.717) is 0 Å². The maximum absolute atomic E-state index is 11.9. The minimum absolute atomic E-state index is 0.0466. The predicted molar refractivity (Wildman–Crippen MR) is 61.2 cm³/mol. The molecule has 0 saturated heterocycles. The number of aliphatic carboxylic acids is 1. The van der Waals surface area contributed by atoms with E-state index in [1.165, 1.54) is 13.0 Å². The number of amides is 1. The number of rotatable bonds is 4. The SMILES string of the molecule is CC(NC(=O)c1ccc(=O)oc1)(C(=O)O)C1CC1. The van der Waals surface area contributed by atoms with Gasteiger partial charge in [-0.1, -0.05) is 0 Å². The number of carboxylic acids is 1. The van der Waals surface area contributed by atoms with Crippen LogP contribution in [-0.2, 0) is 4.79 Å². The number of carbonyl (C=O) groups excluding carboxylic acids is 1. The zero-order valence-electron chi connectivity index (χ0n) is 9.80. The monoisotopic (exact) mass is 251 g/mol. The first-order valence-corrected chi connectivity index (χ1v) is 5.58. The fourth-order valence-electron chi connectivity index (χ4n) is 1.79. The van der Waals surface area contributed by atoms with Crippen molar-refractivity contribution in [2.24, 2.45) is 5.92 Å². The normalized spacial score (nSPS) is 17.8. The van der Waals surface area contributed by atoms with Crippen molar-refractivity contribution in [2.75, 3.05) is 0 Å². The lowest BCUT2D eigenvalue weighted by molar-refractivity contribution is -0.144. The van der Waals surface area contributed by atoms with E-state index in [1.807, 2.05) is 0 Å². The third-order valence-corrected chi connectivity index (χ3v) is 3.17. The van der Waals surface area contributed by atoms with E-state index in [4.69, 9.17) is 0 Å². The second-order valence-electron chi connectivity index (χ2n) is 4.58. The molecular weight excluding hydrogens is 238 g/mol. The van der Waals surface area contributed by atoms with E-state index in [9.17, 15) is 19.5 Å². The summed E-state index contributed by atoms with van der Waals surface area (Å²) in [5.74, 6) is -1.67. The van der Waals surface area contributed by atoms with Crippen LogP contribution >= 0.6 is 0 Å². The van der Waals surface area contributed by atoms with Gasteiger partial charge < -0.3 is 14.8 Å². The highest BCUT2D eigenvalue weighted by atomic mass is 16.4. The molecule has 0 aromatic carbocycles. The molecule has 1 aromatic rings. The van der Waals surface area contributed by atoms with Crippen molar-refractivity contribution < 1.29 is 19.1 Å². The Morgan fingerprint density at radius 2 is 2.11 bits per heavy atom. The first kappa shape index (κ1) is 12.3. The van der Waals surface area contributed by atoms with E-state index >= 15 is 0 Å². The molecule has 1 atom stereocenters. The van der Waals surface area contributed by atoms with Crippen molar-refractivity contribution in [3.8, 4) is 0 Å². The largest absolute Gasteiger partial charge is 0.480 e. The Balaban J connectivity index is 2.17. The minimum Gasteiger partial charge on any atom is -0.480 e. The molecule has 1 aromatic heterocycles. The van der Waals surface area contributed by atoms with Gasteiger partial charge in [0.05, 0.1) is 5.56 Å². The van der Waals surface area contributed by atoms with Crippen LogP contribution in [0.5, 0.6) is 0 Å². The highest BCUT2D eigenvalue weighted by molar-refractivity contribution is 5.97. The lowest BCUT2D eigenvalue weighted by Crippen LogP contribution is -2.54. The molecule has 1 aliphatic carbocycles. The number of carbonyl (C=O) groups is 2. The molecule has 1 amide bonds. The van der Waals surface area contributed by atoms with Crippen LogP contribution in [0, 0.1) is 5.92 Å². The first-order valence-electron chi connectivity index (χ1n) is 5.58. The molecular formula is C12H13NO5. The smallest absolute Gasteiger partial charge is 0.335 e. The molecule has 0 bridgehead atoms. The summed E-state index contributed by atoms with van der Waals surface area (Å²) in [6, 6.07) is 2.42. The molecule has 0 aliphatic heterocycles. The molecule has 0 radical (unpaired) electrons. The summed E-state index contributed by atoms with van der Waals surface area (Å²) in [4.78, 5) is 33.9. The fraction of sp³-hybridized carbons (Fsp3) is 0.417. The molecule has 0 spiro atoms. The molecule has 1 aliphatic rings. The van der Waals surface area contributed by atoms with E-state index in [2.05, 4.69) is 9.73 Å². The summed E-state index contributed by atoms with van der Waals surface area (Å²) in [6.45, 7) is 1.49. The van der Waals surface area contributed by atoms with Crippen molar-refractivity contribution in [2.45, 2.75) is 25.3 Å². The van der Waals surface area contributed by atoms with Gasteiger partial charge in [0.25, 0.3) is 5.91 Å². The highest BCUT2D eigenvalue weighted by Gasteiger charge is 2.48. The Labute approximate surface area is 103 Å². The summed E-state index contributed by atoms with van der Waals surface area (Å²) >= 11 is 0. The lowest BCUT2D eigenvalue weighted by atomic mass is 9.95.